The fourth-order valence-electron chi connectivity index (χ4n) is 2.38. The standard InChI is InChI=1S/C15H29N5O2/c1-5-8-15(21,9-6-2)11-18-14(16-7-3)17-10-13-19-12(4)22-20-13/h21H,5-11H2,1-4H3,(H2,16,17,18). The van der Waals surface area contributed by atoms with Gasteiger partial charge in [-0.15, -0.1) is 0 Å². The number of hydrogen-bond acceptors (Lipinski definition) is 5. The molecule has 7 nitrogen and oxygen atoms in total. The first-order valence-corrected chi connectivity index (χ1v) is 8.06. The molecule has 0 atom stereocenters. The van der Waals surface area contributed by atoms with Crippen LogP contribution in [0.3, 0.4) is 0 Å². The molecule has 0 saturated heterocycles. The van der Waals surface area contributed by atoms with Crippen molar-refractivity contribution < 1.29 is 9.63 Å². The number of guanidine groups is 1. The smallest absolute Gasteiger partial charge is 0.223 e. The van der Waals surface area contributed by atoms with Crippen molar-refractivity contribution in [3.8, 4) is 0 Å². The van der Waals surface area contributed by atoms with Gasteiger partial charge >= 0.3 is 0 Å². The Bertz CT molecular complexity index is 453. The van der Waals surface area contributed by atoms with E-state index in [1.807, 2.05) is 6.92 Å². The van der Waals surface area contributed by atoms with E-state index in [0.29, 0.717) is 30.8 Å². The van der Waals surface area contributed by atoms with Gasteiger partial charge < -0.3 is 20.3 Å². The minimum Gasteiger partial charge on any atom is -0.388 e. The minimum atomic E-state index is -0.692. The number of nitrogens with zero attached hydrogens (tertiary/aromatic N) is 3. The Morgan fingerprint density at radius 2 is 1.91 bits per heavy atom. The third-order valence-electron chi connectivity index (χ3n) is 3.31. The Morgan fingerprint density at radius 3 is 2.41 bits per heavy atom. The van der Waals surface area contributed by atoms with E-state index in [9.17, 15) is 5.11 Å². The van der Waals surface area contributed by atoms with Crippen molar-refractivity contribution >= 4 is 5.96 Å². The largest absolute Gasteiger partial charge is 0.388 e. The van der Waals surface area contributed by atoms with Crippen LogP contribution in [0.5, 0.6) is 0 Å². The van der Waals surface area contributed by atoms with Gasteiger partial charge in [0.15, 0.2) is 11.8 Å². The van der Waals surface area contributed by atoms with Crippen LogP contribution < -0.4 is 10.6 Å². The highest BCUT2D eigenvalue weighted by Crippen LogP contribution is 2.18. The summed E-state index contributed by atoms with van der Waals surface area (Å²) in [4.78, 5) is 8.54. The van der Waals surface area contributed by atoms with Gasteiger partial charge in [-0.25, -0.2) is 4.99 Å². The maximum atomic E-state index is 10.6. The molecule has 0 aliphatic rings. The lowest BCUT2D eigenvalue weighted by molar-refractivity contribution is 0.0257. The lowest BCUT2D eigenvalue weighted by Gasteiger charge is -2.28. The van der Waals surface area contributed by atoms with Gasteiger partial charge in [0.2, 0.25) is 5.89 Å². The van der Waals surface area contributed by atoms with E-state index in [1.165, 1.54) is 0 Å². The normalized spacial score (nSPS) is 12.5. The Balaban J connectivity index is 2.62. The topological polar surface area (TPSA) is 95.6 Å². The summed E-state index contributed by atoms with van der Waals surface area (Å²) >= 11 is 0. The Kier molecular flexibility index (Phi) is 7.87. The summed E-state index contributed by atoms with van der Waals surface area (Å²) in [5.41, 5.74) is -0.692. The van der Waals surface area contributed by atoms with Crippen molar-refractivity contribution in [2.24, 2.45) is 4.99 Å². The van der Waals surface area contributed by atoms with Gasteiger partial charge in [0.1, 0.15) is 6.54 Å². The van der Waals surface area contributed by atoms with Crippen LogP contribution in [0.1, 0.15) is 58.2 Å². The molecule has 7 heteroatoms. The summed E-state index contributed by atoms with van der Waals surface area (Å²) in [6, 6.07) is 0. The Morgan fingerprint density at radius 1 is 1.23 bits per heavy atom. The zero-order valence-electron chi connectivity index (χ0n) is 14.1. The van der Waals surface area contributed by atoms with Crippen molar-refractivity contribution in [2.45, 2.75) is 65.5 Å². The summed E-state index contributed by atoms with van der Waals surface area (Å²) in [7, 11) is 0. The van der Waals surface area contributed by atoms with Crippen LogP contribution in [-0.2, 0) is 6.54 Å². The number of rotatable bonds is 9. The van der Waals surface area contributed by atoms with Crippen molar-refractivity contribution in [1.29, 1.82) is 0 Å². The summed E-state index contributed by atoms with van der Waals surface area (Å²) < 4.78 is 4.92. The molecule has 1 heterocycles. The first-order chi connectivity index (χ1) is 10.5. The van der Waals surface area contributed by atoms with Gasteiger partial charge in [-0.1, -0.05) is 31.8 Å². The van der Waals surface area contributed by atoms with E-state index in [4.69, 9.17) is 4.52 Å². The Labute approximate surface area is 132 Å². The van der Waals surface area contributed by atoms with Gasteiger partial charge in [0, 0.05) is 20.0 Å². The van der Waals surface area contributed by atoms with Crippen LogP contribution in [0.4, 0.5) is 0 Å². The first kappa shape index (κ1) is 18.4. The average molecular weight is 311 g/mol. The SMILES string of the molecule is CCCC(O)(CCC)CNC(=NCc1noc(C)n1)NCC. The molecule has 0 aliphatic carbocycles. The van der Waals surface area contributed by atoms with Gasteiger partial charge in [0.25, 0.3) is 0 Å². The minimum absolute atomic E-state index is 0.340. The zero-order valence-corrected chi connectivity index (χ0v) is 14.1. The molecule has 0 aliphatic heterocycles. The number of aliphatic imine (C=N–C) groups is 1. The summed E-state index contributed by atoms with van der Waals surface area (Å²) in [6.45, 7) is 9.48. The van der Waals surface area contributed by atoms with Crippen LogP contribution in [0, 0.1) is 6.92 Å². The van der Waals surface area contributed by atoms with Crippen LogP contribution in [0.15, 0.2) is 9.52 Å². The van der Waals surface area contributed by atoms with Crippen LogP contribution in [-0.4, -0.2) is 39.9 Å². The van der Waals surface area contributed by atoms with Crippen molar-refractivity contribution in [3.63, 3.8) is 0 Å². The summed E-state index contributed by atoms with van der Waals surface area (Å²) in [5, 5.41) is 20.8. The maximum Gasteiger partial charge on any atom is 0.223 e. The van der Waals surface area contributed by atoms with E-state index in [0.717, 1.165) is 32.2 Å². The third kappa shape index (κ3) is 6.43. The van der Waals surface area contributed by atoms with Crippen LogP contribution >= 0.6 is 0 Å². The molecule has 0 fully saturated rings. The fourth-order valence-corrected chi connectivity index (χ4v) is 2.38. The highest BCUT2D eigenvalue weighted by Gasteiger charge is 2.24. The van der Waals surface area contributed by atoms with Gasteiger partial charge in [-0.05, 0) is 19.8 Å². The second kappa shape index (κ2) is 9.40. The number of aromatic nitrogens is 2. The van der Waals surface area contributed by atoms with Crippen molar-refractivity contribution in [2.75, 3.05) is 13.1 Å². The van der Waals surface area contributed by atoms with Crippen LogP contribution in [0.25, 0.3) is 0 Å². The van der Waals surface area contributed by atoms with Crippen LogP contribution in [0.2, 0.25) is 0 Å². The molecule has 0 radical (unpaired) electrons. The van der Waals surface area contributed by atoms with Crippen molar-refractivity contribution in [1.82, 2.24) is 20.8 Å². The molecular weight excluding hydrogens is 282 g/mol. The van der Waals surface area contributed by atoms with Crippen molar-refractivity contribution in [3.05, 3.63) is 11.7 Å². The highest BCUT2D eigenvalue weighted by atomic mass is 16.5. The highest BCUT2D eigenvalue weighted by molar-refractivity contribution is 5.79. The predicted molar refractivity (Wildman–Crippen MR) is 86.6 cm³/mol. The predicted octanol–water partition coefficient (Wildman–Crippen LogP) is 1.76. The molecule has 0 spiro atoms. The van der Waals surface area contributed by atoms with E-state index < -0.39 is 5.60 Å². The van der Waals surface area contributed by atoms with Gasteiger partial charge in [-0.2, -0.15) is 4.98 Å². The first-order valence-electron chi connectivity index (χ1n) is 8.06. The molecule has 0 saturated carbocycles. The molecule has 1 aromatic heterocycles. The second-order valence-electron chi connectivity index (χ2n) is 5.50. The Hall–Kier alpha value is -1.63. The molecular formula is C15H29N5O2. The second-order valence-corrected chi connectivity index (χ2v) is 5.50. The third-order valence-corrected chi connectivity index (χ3v) is 3.31. The molecule has 3 N–H and O–H groups in total. The average Bonchev–Trinajstić information content (AvgIpc) is 2.88. The molecule has 0 amide bonds. The van der Waals surface area contributed by atoms with E-state index >= 15 is 0 Å². The monoisotopic (exact) mass is 311 g/mol. The number of aryl methyl sites for hydroxylation is 1. The number of hydrogen-bond donors (Lipinski definition) is 3. The lowest BCUT2D eigenvalue weighted by atomic mass is 9.93. The van der Waals surface area contributed by atoms with E-state index in [-0.39, 0.29) is 0 Å². The lowest BCUT2D eigenvalue weighted by Crippen LogP contribution is -2.47. The number of aliphatic hydroxyl groups is 1. The quantitative estimate of drug-likeness (QED) is 0.475. The zero-order chi connectivity index (χ0) is 16.4. The number of nitrogens with one attached hydrogen (secondary N) is 2. The van der Waals surface area contributed by atoms with Gasteiger partial charge in [0.05, 0.1) is 5.60 Å². The summed E-state index contributed by atoms with van der Waals surface area (Å²) in [5.74, 6) is 1.73. The molecule has 126 valence electrons. The summed E-state index contributed by atoms with van der Waals surface area (Å²) in [6.07, 6.45) is 3.45. The van der Waals surface area contributed by atoms with E-state index in [2.05, 4.69) is 39.6 Å². The fraction of sp³-hybridized carbons (Fsp3) is 0.800. The molecule has 0 bridgehead atoms. The van der Waals surface area contributed by atoms with E-state index in [1.54, 1.807) is 6.92 Å². The maximum absolute atomic E-state index is 10.6. The molecule has 0 aromatic carbocycles. The van der Waals surface area contributed by atoms with Gasteiger partial charge in [-0.3, -0.25) is 0 Å². The molecule has 1 aromatic rings. The molecule has 22 heavy (non-hydrogen) atoms. The molecule has 0 unspecified atom stereocenters. The molecule has 1 rings (SSSR count).